The number of halogens is 3. The average Bonchev–Trinajstić information content (AvgIpc) is 2.24. The highest BCUT2D eigenvalue weighted by Gasteiger charge is 2.27. The molecule has 1 fully saturated rings. The molecule has 5 heteroatoms. The van der Waals surface area contributed by atoms with E-state index in [0.717, 1.165) is 43.0 Å². The van der Waals surface area contributed by atoms with Crippen LogP contribution < -0.4 is 0 Å². The number of nitriles is 1. The molecule has 0 radical (unpaired) electrons. The van der Waals surface area contributed by atoms with Gasteiger partial charge in [0.2, 0.25) is 0 Å². The fourth-order valence-corrected chi connectivity index (χ4v) is 2.83. The van der Waals surface area contributed by atoms with E-state index in [2.05, 4.69) is 6.92 Å². The zero-order valence-corrected chi connectivity index (χ0v) is 10.6. The molecule has 0 saturated heterocycles. The quantitative estimate of drug-likeness (QED) is 0.691. The first-order valence-corrected chi connectivity index (χ1v) is 6.72. The minimum atomic E-state index is -4.13. The molecule has 0 unspecified atom stereocenters. The van der Waals surface area contributed by atoms with Gasteiger partial charge in [-0.25, -0.2) is 0 Å². The maximum absolute atomic E-state index is 12.0. The first kappa shape index (κ1) is 14.4. The molecular weight excluding hydrogens is 247 g/mol. The summed E-state index contributed by atoms with van der Waals surface area (Å²) in [7, 11) is 0. The minimum Gasteiger partial charge on any atom is -0.192 e. The van der Waals surface area contributed by atoms with E-state index in [9.17, 15) is 13.2 Å². The van der Waals surface area contributed by atoms with Crippen LogP contribution in [-0.2, 0) is 0 Å². The van der Waals surface area contributed by atoms with Gasteiger partial charge < -0.3 is 0 Å². The van der Waals surface area contributed by atoms with Crippen LogP contribution in [0.4, 0.5) is 13.2 Å². The van der Waals surface area contributed by atoms with Crippen molar-refractivity contribution in [3.63, 3.8) is 0 Å². The Morgan fingerprint density at radius 3 is 2.47 bits per heavy atom. The van der Waals surface area contributed by atoms with Gasteiger partial charge >= 0.3 is 6.18 Å². The van der Waals surface area contributed by atoms with Crippen molar-refractivity contribution in [3.05, 3.63) is 10.5 Å². The molecular formula is C12H16F3NS. The summed E-state index contributed by atoms with van der Waals surface area (Å²) in [5, 5.41) is 8.96. The van der Waals surface area contributed by atoms with E-state index >= 15 is 0 Å². The number of hydrogen-bond acceptors (Lipinski definition) is 2. The second-order valence-electron chi connectivity index (χ2n) is 4.44. The van der Waals surface area contributed by atoms with Gasteiger partial charge in [0, 0.05) is 5.75 Å². The maximum atomic E-state index is 12.0. The Bertz CT molecular complexity index is 318. The lowest BCUT2D eigenvalue weighted by Crippen LogP contribution is -2.09. The van der Waals surface area contributed by atoms with Crippen LogP contribution in [0.3, 0.4) is 0 Å². The van der Waals surface area contributed by atoms with Gasteiger partial charge in [-0.15, -0.1) is 11.8 Å². The molecule has 0 amide bonds. The summed E-state index contributed by atoms with van der Waals surface area (Å²) in [6.07, 6.45) is -1.14. The third-order valence-corrected chi connectivity index (χ3v) is 4.01. The minimum absolute atomic E-state index is 0.0502. The number of alkyl halides is 3. The molecule has 96 valence electrons. The van der Waals surface area contributed by atoms with Crippen molar-refractivity contribution < 1.29 is 13.2 Å². The van der Waals surface area contributed by atoms with E-state index in [-0.39, 0.29) is 5.75 Å². The number of thioether (sulfide) groups is 1. The van der Waals surface area contributed by atoms with Crippen molar-refractivity contribution in [2.75, 3.05) is 5.75 Å². The van der Waals surface area contributed by atoms with Crippen molar-refractivity contribution in [2.45, 2.75) is 45.2 Å². The lowest BCUT2D eigenvalue weighted by Gasteiger charge is -2.21. The SMILES string of the molecule is CC1CCC(=C(C#N)SCCC(F)(F)F)CC1. The van der Waals surface area contributed by atoms with E-state index < -0.39 is 12.6 Å². The summed E-state index contributed by atoms with van der Waals surface area (Å²) in [6.45, 7) is 2.17. The summed E-state index contributed by atoms with van der Waals surface area (Å²) < 4.78 is 36.0. The van der Waals surface area contributed by atoms with Gasteiger partial charge in [0.05, 0.1) is 11.3 Å². The van der Waals surface area contributed by atoms with Gasteiger partial charge in [-0.1, -0.05) is 6.92 Å². The lowest BCUT2D eigenvalue weighted by molar-refractivity contribution is -0.129. The highest BCUT2D eigenvalue weighted by Crippen LogP contribution is 2.34. The molecule has 0 heterocycles. The Hall–Kier alpha value is -0.630. The molecule has 0 aromatic heterocycles. The third kappa shape index (κ3) is 5.49. The first-order valence-electron chi connectivity index (χ1n) is 5.74. The summed E-state index contributed by atoms with van der Waals surface area (Å²) in [5.41, 5.74) is 1.05. The topological polar surface area (TPSA) is 23.8 Å². The van der Waals surface area contributed by atoms with Crippen molar-refractivity contribution in [1.29, 1.82) is 5.26 Å². The molecule has 1 nitrogen and oxygen atoms in total. The van der Waals surface area contributed by atoms with E-state index in [4.69, 9.17) is 5.26 Å². The Morgan fingerprint density at radius 2 is 2.00 bits per heavy atom. The zero-order chi connectivity index (χ0) is 12.9. The highest BCUT2D eigenvalue weighted by molar-refractivity contribution is 8.03. The molecule has 0 spiro atoms. The van der Waals surface area contributed by atoms with Crippen LogP contribution in [0.1, 0.15) is 39.0 Å². The van der Waals surface area contributed by atoms with Crippen LogP contribution in [-0.4, -0.2) is 11.9 Å². The van der Waals surface area contributed by atoms with Crippen molar-refractivity contribution in [3.8, 4) is 6.07 Å². The van der Waals surface area contributed by atoms with Gasteiger partial charge in [-0.3, -0.25) is 0 Å². The Morgan fingerprint density at radius 1 is 1.41 bits per heavy atom. The molecule has 0 aliphatic heterocycles. The van der Waals surface area contributed by atoms with Crippen LogP contribution in [0, 0.1) is 17.2 Å². The van der Waals surface area contributed by atoms with Crippen molar-refractivity contribution >= 4 is 11.8 Å². The average molecular weight is 263 g/mol. The van der Waals surface area contributed by atoms with E-state index in [1.54, 1.807) is 0 Å². The second kappa shape index (κ2) is 6.34. The Kier molecular flexibility index (Phi) is 5.38. The number of rotatable bonds is 3. The Labute approximate surface area is 104 Å². The van der Waals surface area contributed by atoms with Crippen LogP contribution in [0.25, 0.3) is 0 Å². The van der Waals surface area contributed by atoms with Crippen LogP contribution in [0.2, 0.25) is 0 Å². The van der Waals surface area contributed by atoms with Gasteiger partial charge in [0.25, 0.3) is 0 Å². The lowest BCUT2D eigenvalue weighted by atomic mass is 9.87. The van der Waals surface area contributed by atoms with Crippen LogP contribution in [0.15, 0.2) is 10.5 Å². The molecule has 0 aromatic rings. The summed E-state index contributed by atoms with van der Waals surface area (Å²) in [4.78, 5) is 0.515. The second-order valence-corrected chi connectivity index (χ2v) is 5.55. The first-order chi connectivity index (χ1) is 7.92. The van der Waals surface area contributed by atoms with E-state index in [1.165, 1.54) is 0 Å². The normalized spacial score (nSPS) is 21.1. The Balaban J connectivity index is 2.48. The molecule has 1 aliphatic carbocycles. The molecule has 0 bridgehead atoms. The summed E-state index contributed by atoms with van der Waals surface area (Å²) in [6, 6.07) is 2.05. The van der Waals surface area contributed by atoms with Crippen LogP contribution in [0.5, 0.6) is 0 Å². The van der Waals surface area contributed by atoms with Crippen LogP contribution >= 0.6 is 11.8 Å². The number of allylic oxidation sites excluding steroid dienone is 2. The fraction of sp³-hybridized carbons (Fsp3) is 0.750. The van der Waals surface area contributed by atoms with Gasteiger partial charge in [-0.05, 0) is 37.2 Å². The summed E-state index contributed by atoms with van der Waals surface area (Å²) >= 11 is 1.05. The molecule has 1 rings (SSSR count). The maximum Gasteiger partial charge on any atom is 0.389 e. The molecule has 0 N–H and O–H groups in total. The zero-order valence-electron chi connectivity index (χ0n) is 9.81. The standard InChI is InChI=1S/C12H16F3NS/c1-9-2-4-10(5-3-9)11(8-16)17-7-6-12(13,14)15/h9H,2-7H2,1H3. The predicted molar refractivity (Wildman–Crippen MR) is 63.4 cm³/mol. The molecule has 0 atom stereocenters. The summed E-state index contributed by atoms with van der Waals surface area (Å²) in [5.74, 6) is 0.615. The fourth-order valence-electron chi connectivity index (χ4n) is 1.82. The van der Waals surface area contributed by atoms with E-state index in [1.807, 2.05) is 6.07 Å². The molecule has 0 aromatic carbocycles. The smallest absolute Gasteiger partial charge is 0.192 e. The molecule has 1 aliphatic rings. The van der Waals surface area contributed by atoms with Crippen molar-refractivity contribution in [1.82, 2.24) is 0 Å². The highest BCUT2D eigenvalue weighted by atomic mass is 32.2. The largest absolute Gasteiger partial charge is 0.389 e. The van der Waals surface area contributed by atoms with E-state index in [0.29, 0.717) is 10.8 Å². The molecule has 1 saturated carbocycles. The van der Waals surface area contributed by atoms with Gasteiger partial charge in [0.15, 0.2) is 0 Å². The predicted octanol–water partition coefficient (Wildman–Crippen LogP) is 4.66. The number of nitrogens with zero attached hydrogens (tertiary/aromatic N) is 1. The number of hydrogen-bond donors (Lipinski definition) is 0. The molecule has 17 heavy (non-hydrogen) atoms. The monoisotopic (exact) mass is 263 g/mol. The van der Waals surface area contributed by atoms with Gasteiger partial charge in [0.1, 0.15) is 6.07 Å². The third-order valence-electron chi connectivity index (χ3n) is 2.93. The van der Waals surface area contributed by atoms with Crippen molar-refractivity contribution in [2.24, 2.45) is 5.92 Å². The van der Waals surface area contributed by atoms with Gasteiger partial charge in [-0.2, -0.15) is 18.4 Å².